The third-order valence-corrected chi connectivity index (χ3v) is 6.91. The fourth-order valence-corrected chi connectivity index (χ4v) is 5.23. The number of carbonyl (C=O) groups is 1. The number of esters is 1. The summed E-state index contributed by atoms with van der Waals surface area (Å²) in [7, 11) is 0. The quantitative estimate of drug-likeness (QED) is 0.283. The van der Waals surface area contributed by atoms with Crippen LogP contribution in [0.5, 0.6) is 0 Å². The van der Waals surface area contributed by atoms with Gasteiger partial charge in [0.1, 0.15) is 18.0 Å². The molecule has 1 spiro atoms. The molecule has 0 radical (unpaired) electrons. The van der Waals surface area contributed by atoms with Crippen molar-refractivity contribution in [1.29, 1.82) is 0 Å². The molecule has 1 aromatic rings. The lowest BCUT2D eigenvalue weighted by Crippen LogP contribution is -2.44. The first-order valence-electron chi connectivity index (χ1n) is 11.3. The number of piperidine rings is 1. The average molecular weight is 529 g/mol. The molecule has 0 atom stereocenters. The zero-order valence-electron chi connectivity index (χ0n) is 20.2. The second-order valence-electron chi connectivity index (χ2n) is 9.81. The Morgan fingerprint density at radius 3 is 2.38 bits per heavy atom. The zero-order chi connectivity index (χ0) is 25.1. The summed E-state index contributed by atoms with van der Waals surface area (Å²) in [4.78, 5) is 14.3. The summed E-state index contributed by atoms with van der Waals surface area (Å²) in [5.41, 5.74) is 1.17. The van der Waals surface area contributed by atoms with Crippen LogP contribution < -0.4 is 0 Å². The Morgan fingerprint density at radius 2 is 1.82 bits per heavy atom. The Balaban J connectivity index is 1.64. The first-order valence-corrected chi connectivity index (χ1v) is 12.4. The number of halogens is 3. The van der Waals surface area contributed by atoms with Crippen LogP contribution in [0.3, 0.4) is 0 Å². The van der Waals surface area contributed by atoms with Crippen LogP contribution in [-0.2, 0) is 25.6 Å². The molecule has 0 aliphatic carbocycles. The average Bonchev–Trinajstić information content (AvgIpc) is 3.04. The number of allylic oxidation sites excluding steroid dienone is 3. The highest BCUT2D eigenvalue weighted by molar-refractivity contribution is 6.39. The number of hydrogen-bond donors (Lipinski definition) is 0. The van der Waals surface area contributed by atoms with Gasteiger partial charge in [-0.15, -0.1) is 0 Å². The number of benzene rings is 1. The van der Waals surface area contributed by atoms with Crippen molar-refractivity contribution in [2.45, 2.75) is 52.7 Å². The van der Waals surface area contributed by atoms with Crippen LogP contribution in [0.2, 0.25) is 15.1 Å². The van der Waals surface area contributed by atoms with Gasteiger partial charge in [-0.1, -0.05) is 47.5 Å². The molecule has 186 valence electrons. The van der Waals surface area contributed by atoms with Gasteiger partial charge in [0, 0.05) is 27.7 Å². The molecule has 1 fully saturated rings. The van der Waals surface area contributed by atoms with Gasteiger partial charge in [-0.3, -0.25) is 9.69 Å². The van der Waals surface area contributed by atoms with Crippen molar-refractivity contribution in [2.24, 2.45) is 5.41 Å². The number of rotatable bonds is 7. The van der Waals surface area contributed by atoms with E-state index in [2.05, 4.69) is 11.5 Å². The fraction of sp³-hybridized carbons (Fsp3) is 0.500. The van der Waals surface area contributed by atoms with E-state index in [4.69, 9.17) is 49.0 Å². The Morgan fingerprint density at radius 1 is 1.21 bits per heavy atom. The van der Waals surface area contributed by atoms with Crippen LogP contribution in [0.25, 0.3) is 0 Å². The molecule has 0 bridgehead atoms. The molecular formula is C26H32Cl3NO4. The van der Waals surface area contributed by atoms with Crippen LogP contribution >= 0.6 is 34.8 Å². The molecule has 0 aromatic heterocycles. The summed E-state index contributed by atoms with van der Waals surface area (Å²) in [5.74, 6) is 1.25. The van der Waals surface area contributed by atoms with Crippen molar-refractivity contribution in [3.63, 3.8) is 0 Å². The Kier molecular flexibility index (Phi) is 8.67. The van der Waals surface area contributed by atoms with E-state index in [1.54, 1.807) is 12.1 Å². The molecule has 5 nitrogen and oxygen atoms in total. The number of nitrogens with zero attached hydrogens (tertiary/aromatic N) is 1. The maximum absolute atomic E-state index is 12.2. The summed E-state index contributed by atoms with van der Waals surface area (Å²) < 4.78 is 17.5. The molecule has 2 heterocycles. The predicted octanol–water partition coefficient (Wildman–Crippen LogP) is 6.96. The molecule has 1 aromatic carbocycles. The smallest absolute Gasteiger partial charge is 0.320 e. The van der Waals surface area contributed by atoms with Crippen molar-refractivity contribution in [3.05, 3.63) is 68.6 Å². The van der Waals surface area contributed by atoms with E-state index in [9.17, 15) is 4.79 Å². The lowest BCUT2D eigenvalue weighted by Gasteiger charge is -2.39. The van der Waals surface area contributed by atoms with Crippen LogP contribution in [-0.4, -0.2) is 42.7 Å². The molecule has 34 heavy (non-hydrogen) atoms. The molecule has 3 rings (SSSR count). The molecule has 8 heteroatoms. The lowest BCUT2D eigenvalue weighted by atomic mass is 9.73. The van der Waals surface area contributed by atoms with Crippen molar-refractivity contribution >= 4 is 40.8 Å². The van der Waals surface area contributed by atoms with Gasteiger partial charge in [0.15, 0.2) is 0 Å². The zero-order valence-corrected chi connectivity index (χ0v) is 22.4. The summed E-state index contributed by atoms with van der Waals surface area (Å²) in [6, 6.07) is 3.29. The Bertz CT molecular complexity index is 979. The van der Waals surface area contributed by atoms with Gasteiger partial charge >= 0.3 is 5.97 Å². The van der Waals surface area contributed by atoms with Crippen LogP contribution in [0.1, 0.15) is 46.1 Å². The predicted molar refractivity (Wildman–Crippen MR) is 137 cm³/mol. The van der Waals surface area contributed by atoms with E-state index in [-0.39, 0.29) is 18.0 Å². The SMILES string of the molecule is C=CC1=C(/C=C(\C)OCc2c(Cl)cc(Cl)cc2Cl)OCC12CCN(CC(=O)OC(C)(C)C)CC2. The van der Waals surface area contributed by atoms with Crippen molar-refractivity contribution in [1.82, 2.24) is 4.90 Å². The topological polar surface area (TPSA) is 48.0 Å². The number of likely N-dealkylation sites (tertiary alicyclic amines) is 1. The molecular weight excluding hydrogens is 497 g/mol. The van der Waals surface area contributed by atoms with Gasteiger partial charge < -0.3 is 14.2 Å². The highest BCUT2D eigenvalue weighted by atomic mass is 35.5. The highest BCUT2D eigenvalue weighted by Crippen LogP contribution is 2.46. The van der Waals surface area contributed by atoms with Gasteiger partial charge in [-0.25, -0.2) is 0 Å². The van der Waals surface area contributed by atoms with E-state index < -0.39 is 5.60 Å². The number of hydrogen-bond acceptors (Lipinski definition) is 5. The molecule has 2 aliphatic rings. The molecule has 1 saturated heterocycles. The first kappa shape index (κ1) is 26.9. The first-order chi connectivity index (χ1) is 15.9. The standard InChI is InChI=1S/C26H32Cl3NO4/c1-6-20-23(11-17(2)32-15-19-21(28)12-18(27)13-22(19)29)33-16-26(20)7-9-30(10-8-26)14-24(31)34-25(3,4)5/h6,11-13H,1,7-10,14-16H2,2-5H3/b17-11+. The molecule has 0 N–H and O–H groups in total. The van der Waals surface area contributed by atoms with Gasteiger partial charge in [-0.05, 0) is 65.8 Å². The van der Waals surface area contributed by atoms with Gasteiger partial charge in [0.25, 0.3) is 0 Å². The van der Waals surface area contributed by atoms with Gasteiger partial charge in [-0.2, -0.15) is 0 Å². The molecule has 2 aliphatic heterocycles. The van der Waals surface area contributed by atoms with E-state index in [0.717, 1.165) is 37.3 Å². The van der Waals surface area contributed by atoms with Gasteiger partial charge in [0.2, 0.25) is 0 Å². The highest BCUT2D eigenvalue weighted by Gasteiger charge is 2.43. The third-order valence-electron chi connectivity index (χ3n) is 6.02. The van der Waals surface area contributed by atoms with Crippen molar-refractivity contribution < 1.29 is 19.0 Å². The number of carbonyl (C=O) groups excluding carboxylic acids is 1. The maximum atomic E-state index is 12.2. The third kappa shape index (κ3) is 6.72. The molecule has 0 saturated carbocycles. The monoisotopic (exact) mass is 527 g/mol. The van der Waals surface area contributed by atoms with Crippen LogP contribution in [0.15, 0.2) is 48.0 Å². The van der Waals surface area contributed by atoms with E-state index >= 15 is 0 Å². The van der Waals surface area contributed by atoms with E-state index in [1.165, 1.54) is 0 Å². The molecule has 0 amide bonds. The summed E-state index contributed by atoms with van der Waals surface area (Å²) in [6.07, 6.45) is 5.52. The lowest BCUT2D eigenvalue weighted by molar-refractivity contribution is -0.156. The maximum Gasteiger partial charge on any atom is 0.320 e. The van der Waals surface area contributed by atoms with Crippen LogP contribution in [0, 0.1) is 5.41 Å². The summed E-state index contributed by atoms with van der Waals surface area (Å²) in [6.45, 7) is 14.2. The second kappa shape index (κ2) is 10.9. The van der Waals surface area contributed by atoms with Crippen molar-refractivity contribution in [3.8, 4) is 0 Å². The van der Waals surface area contributed by atoms with E-state index in [0.29, 0.717) is 39.5 Å². The largest absolute Gasteiger partial charge is 0.493 e. The fourth-order valence-electron chi connectivity index (χ4n) is 4.30. The minimum absolute atomic E-state index is 0.110. The Labute approximate surface area is 217 Å². The number of ether oxygens (including phenoxy) is 3. The minimum atomic E-state index is -0.475. The molecule has 0 unspecified atom stereocenters. The minimum Gasteiger partial charge on any atom is -0.493 e. The normalized spacial score (nSPS) is 18.7. The van der Waals surface area contributed by atoms with Crippen molar-refractivity contribution in [2.75, 3.05) is 26.2 Å². The van der Waals surface area contributed by atoms with Crippen LogP contribution in [0.4, 0.5) is 0 Å². The summed E-state index contributed by atoms with van der Waals surface area (Å²) in [5, 5.41) is 1.41. The summed E-state index contributed by atoms with van der Waals surface area (Å²) >= 11 is 18.5. The van der Waals surface area contributed by atoms with Gasteiger partial charge in [0.05, 0.1) is 29.0 Å². The Hall–Kier alpha value is -1.66. The van der Waals surface area contributed by atoms with E-state index in [1.807, 2.05) is 39.8 Å². The second-order valence-corrected chi connectivity index (χ2v) is 11.1.